The number of nitrogen functional groups attached to an aromatic ring is 1. The van der Waals surface area contributed by atoms with Crippen LogP contribution in [0.2, 0.25) is 0 Å². The molecule has 9 nitrogen and oxygen atoms in total. The Morgan fingerprint density at radius 2 is 1.83 bits per heavy atom. The fourth-order valence-corrected chi connectivity index (χ4v) is 1.98. The Labute approximate surface area is 134 Å². The predicted molar refractivity (Wildman–Crippen MR) is 86.9 cm³/mol. The minimum absolute atomic E-state index is 0.352. The Morgan fingerprint density at radius 1 is 1.17 bits per heavy atom. The van der Waals surface area contributed by atoms with E-state index in [4.69, 9.17) is 20.1 Å². The van der Waals surface area contributed by atoms with E-state index in [1.807, 2.05) is 6.92 Å². The van der Waals surface area contributed by atoms with E-state index in [0.29, 0.717) is 35.4 Å². The van der Waals surface area contributed by atoms with Crippen LogP contribution in [0.4, 0.5) is 5.95 Å². The van der Waals surface area contributed by atoms with Crippen molar-refractivity contribution in [3.8, 4) is 17.2 Å². The zero-order chi connectivity index (χ0) is 16.8. The lowest BCUT2D eigenvalue weighted by atomic mass is 10.2. The molecule has 0 radical (unpaired) electrons. The largest absolute Gasteiger partial charge is 0.493 e. The van der Waals surface area contributed by atoms with Crippen LogP contribution in [0.1, 0.15) is 18.3 Å². The fraction of sp³-hybridized carbons (Fsp3) is 0.357. The predicted octanol–water partition coefficient (Wildman–Crippen LogP) is 1.03. The van der Waals surface area contributed by atoms with Gasteiger partial charge in [-0.25, -0.2) is 10.1 Å². The minimum atomic E-state index is 0.352. The average molecular weight is 320 g/mol. The smallest absolute Gasteiger partial charge is 0.263 e. The van der Waals surface area contributed by atoms with Gasteiger partial charge in [0.1, 0.15) is 0 Å². The number of nitrogens with zero attached hydrogens (tertiary/aromatic N) is 4. The molecule has 0 amide bonds. The first-order valence-electron chi connectivity index (χ1n) is 6.93. The van der Waals surface area contributed by atoms with E-state index in [9.17, 15) is 0 Å². The second-order valence-electron chi connectivity index (χ2n) is 4.49. The number of ether oxygens (including phenoxy) is 3. The molecule has 0 bridgehead atoms. The molecule has 9 heteroatoms. The van der Waals surface area contributed by atoms with Crippen LogP contribution >= 0.6 is 0 Å². The Hall–Kier alpha value is -2.97. The van der Waals surface area contributed by atoms with Crippen molar-refractivity contribution < 1.29 is 14.2 Å². The third-order valence-corrected chi connectivity index (χ3v) is 3.15. The van der Waals surface area contributed by atoms with E-state index in [-0.39, 0.29) is 0 Å². The van der Waals surface area contributed by atoms with Crippen molar-refractivity contribution in [2.45, 2.75) is 13.3 Å². The van der Waals surface area contributed by atoms with Crippen molar-refractivity contribution in [3.63, 3.8) is 0 Å². The van der Waals surface area contributed by atoms with Gasteiger partial charge in [-0.15, -0.1) is 10.2 Å². The second-order valence-corrected chi connectivity index (χ2v) is 4.49. The Balaban J connectivity index is 2.20. The van der Waals surface area contributed by atoms with Crippen molar-refractivity contribution in [2.75, 3.05) is 32.6 Å². The lowest BCUT2D eigenvalue weighted by molar-refractivity contribution is 0.324. The molecule has 1 aromatic heterocycles. The van der Waals surface area contributed by atoms with E-state index in [2.05, 4.69) is 20.7 Å². The molecule has 0 fully saturated rings. The normalized spacial score (nSPS) is 10.8. The number of anilines is 1. The highest BCUT2D eigenvalue weighted by atomic mass is 16.5. The van der Waals surface area contributed by atoms with Gasteiger partial charge in [0.15, 0.2) is 17.3 Å². The number of nitrogens with one attached hydrogen (secondary N) is 1. The van der Waals surface area contributed by atoms with E-state index in [1.165, 1.54) is 4.68 Å². The summed E-state index contributed by atoms with van der Waals surface area (Å²) in [6, 6.07) is 3.55. The first-order chi connectivity index (χ1) is 11.1. The molecular weight excluding hydrogens is 300 g/mol. The van der Waals surface area contributed by atoms with Crippen molar-refractivity contribution in [2.24, 2.45) is 5.10 Å². The van der Waals surface area contributed by atoms with E-state index >= 15 is 0 Å². The van der Waals surface area contributed by atoms with Gasteiger partial charge in [0, 0.05) is 12.0 Å². The maximum Gasteiger partial charge on any atom is 0.263 e. The first kappa shape index (κ1) is 16.4. The molecule has 0 unspecified atom stereocenters. The van der Waals surface area contributed by atoms with E-state index in [1.54, 1.807) is 39.7 Å². The van der Waals surface area contributed by atoms with Gasteiger partial charge in [-0.05, 0) is 12.1 Å². The van der Waals surface area contributed by atoms with Crippen LogP contribution in [0.25, 0.3) is 0 Å². The van der Waals surface area contributed by atoms with Crippen molar-refractivity contribution >= 4 is 12.2 Å². The highest BCUT2D eigenvalue weighted by Crippen LogP contribution is 2.37. The number of hydrogen-bond donors (Lipinski definition) is 2. The zero-order valence-electron chi connectivity index (χ0n) is 13.5. The molecule has 0 spiro atoms. The summed E-state index contributed by atoms with van der Waals surface area (Å²) < 4.78 is 17.2. The molecule has 1 heterocycles. The fourth-order valence-electron chi connectivity index (χ4n) is 1.98. The molecule has 0 aliphatic heterocycles. The summed E-state index contributed by atoms with van der Waals surface area (Å²) in [5.41, 5.74) is 3.50. The van der Waals surface area contributed by atoms with E-state index < -0.39 is 0 Å². The Morgan fingerprint density at radius 3 is 2.30 bits per heavy atom. The molecule has 124 valence electrons. The number of rotatable bonds is 7. The van der Waals surface area contributed by atoms with Crippen LogP contribution in [0, 0.1) is 0 Å². The quantitative estimate of drug-likeness (QED) is 0.445. The maximum atomic E-state index is 5.82. The standard InChI is InChI=1S/C14H20N6O3/c1-5-12-17-19-14(20(12)15)18-16-8-9-6-10(21-2)13(23-4)11(7-9)22-3/h6-8H,5,15H2,1-4H3,(H,18,19). The summed E-state index contributed by atoms with van der Waals surface area (Å²) in [7, 11) is 4.66. The third kappa shape index (κ3) is 3.44. The molecule has 2 rings (SSSR count). The molecule has 0 atom stereocenters. The number of aryl methyl sites for hydroxylation is 1. The highest BCUT2D eigenvalue weighted by molar-refractivity contribution is 5.82. The van der Waals surface area contributed by atoms with Crippen LogP contribution in [0.15, 0.2) is 17.2 Å². The monoisotopic (exact) mass is 320 g/mol. The van der Waals surface area contributed by atoms with Gasteiger partial charge in [-0.3, -0.25) is 0 Å². The summed E-state index contributed by atoms with van der Waals surface area (Å²) in [5.74, 6) is 8.45. The summed E-state index contributed by atoms with van der Waals surface area (Å²) >= 11 is 0. The third-order valence-electron chi connectivity index (χ3n) is 3.15. The van der Waals surface area contributed by atoms with Crippen molar-refractivity contribution in [1.29, 1.82) is 0 Å². The molecule has 23 heavy (non-hydrogen) atoms. The SMILES string of the molecule is CCc1nnc(NN=Cc2cc(OC)c(OC)c(OC)c2)n1N. The number of nitrogens with two attached hydrogens (primary N) is 1. The molecule has 0 saturated heterocycles. The number of aromatic nitrogens is 3. The zero-order valence-corrected chi connectivity index (χ0v) is 13.5. The lowest BCUT2D eigenvalue weighted by Gasteiger charge is -2.12. The molecule has 0 saturated carbocycles. The first-order valence-corrected chi connectivity index (χ1v) is 6.93. The van der Waals surface area contributed by atoms with Gasteiger partial charge in [-0.1, -0.05) is 6.92 Å². The molecule has 3 N–H and O–H groups in total. The summed E-state index contributed by atoms with van der Waals surface area (Å²) in [6.07, 6.45) is 2.27. The number of hydrazone groups is 1. The molecule has 1 aromatic carbocycles. The molecular formula is C14H20N6O3. The summed E-state index contributed by atoms with van der Waals surface area (Å²) in [5, 5.41) is 11.9. The average Bonchev–Trinajstić information content (AvgIpc) is 2.93. The van der Waals surface area contributed by atoms with Gasteiger partial charge < -0.3 is 20.1 Å². The molecule has 0 aliphatic carbocycles. The van der Waals surface area contributed by atoms with Crippen LogP contribution in [0.3, 0.4) is 0 Å². The van der Waals surface area contributed by atoms with Gasteiger partial charge in [0.25, 0.3) is 5.95 Å². The van der Waals surface area contributed by atoms with Crippen molar-refractivity contribution in [1.82, 2.24) is 14.9 Å². The van der Waals surface area contributed by atoms with E-state index in [0.717, 1.165) is 5.56 Å². The van der Waals surface area contributed by atoms with Crippen LogP contribution in [-0.4, -0.2) is 42.4 Å². The Kier molecular flexibility index (Phi) is 5.23. The van der Waals surface area contributed by atoms with Gasteiger partial charge >= 0.3 is 0 Å². The second kappa shape index (κ2) is 7.34. The highest BCUT2D eigenvalue weighted by Gasteiger charge is 2.12. The van der Waals surface area contributed by atoms with Crippen molar-refractivity contribution in [3.05, 3.63) is 23.5 Å². The number of hydrogen-bond acceptors (Lipinski definition) is 8. The number of benzene rings is 1. The van der Waals surface area contributed by atoms with Crippen LogP contribution in [0.5, 0.6) is 17.2 Å². The van der Waals surface area contributed by atoms with Gasteiger partial charge in [0.2, 0.25) is 5.75 Å². The van der Waals surface area contributed by atoms with Gasteiger partial charge in [0.05, 0.1) is 27.5 Å². The van der Waals surface area contributed by atoms with Crippen LogP contribution < -0.4 is 25.5 Å². The van der Waals surface area contributed by atoms with Crippen LogP contribution in [-0.2, 0) is 6.42 Å². The maximum absolute atomic E-state index is 5.82. The summed E-state index contributed by atoms with van der Waals surface area (Å²) in [4.78, 5) is 0. The van der Waals surface area contributed by atoms with Gasteiger partial charge in [-0.2, -0.15) is 5.10 Å². The molecule has 0 aliphatic rings. The summed E-state index contributed by atoms with van der Waals surface area (Å²) in [6.45, 7) is 1.94. The number of methoxy groups -OCH3 is 3. The lowest BCUT2D eigenvalue weighted by Crippen LogP contribution is -2.14. The molecule has 2 aromatic rings. The topological polar surface area (TPSA) is 109 Å². The Bertz CT molecular complexity index is 673. The minimum Gasteiger partial charge on any atom is -0.493 e.